The van der Waals surface area contributed by atoms with E-state index in [1.54, 1.807) is 0 Å². The lowest BCUT2D eigenvalue weighted by molar-refractivity contribution is -0.00749. The van der Waals surface area contributed by atoms with E-state index in [9.17, 15) is 8.42 Å². The molecule has 0 radical (unpaired) electrons. The van der Waals surface area contributed by atoms with Gasteiger partial charge in [-0.2, -0.15) is 0 Å². The Kier molecular flexibility index (Phi) is 4.34. The summed E-state index contributed by atoms with van der Waals surface area (Å²) in [6.07, 6.45) is 7.96. The van der Waals surface area contributed by atoms with Gasteiger partial charge in [-0.1, -0.05) is 12.8 Å². The summed E-state index contributed by atoms with van der Waals surface area (Å²) in [6.45, 7) is 4.73. The molecule has 0 spiro atoms. The molecule has 2 heterocycles. The summed E-state index contributed by atoms with van der Waals surface area (Å²) in [4.78, 5) is 5.03. The predicted molar refractivity (Wildman–Crippen MR) is 85.1 cm³/mol. The molecule has 3 unspecified atom stereocenters. The predicted octanol–water partition coefficient (Wildman–Crippen LogP) is 0.451. The van der Waals surface area contributed by atoms with Gasteiger partial charge in [-0.25, -0.2) is 8.42 Å². The van der Waals surface area contributed by atoms with Crippen LogP contribution in [0, 0.1) is 0 Å². The summed E-state index contributed by atoms with van der Waals surface area (Å²) in [5.74, 6) is 0. The Labute approximate surface area is 128 Å². The number of nitrogens with two attached hydrogens (primary N) is 1. The number of piperidine rings is 1. The second-order valence-corrected chi connectivity index (χ2v) is 9.38. The highest BCUT2D eigenvalue weighted by Crippen LogP contribution is 2.40. The van der Waals surface area contributed by atoms with Crippen molar-refractivity contribution in [1.82, 2.24) is 9.80 Å². The molecule has 0 bridgehead atoms. The zero-order valence-electron chi connectivity index (χ0n) is 13.1. The maximum absolute atomic E-state index is 12.2. The maximum atomic E-state index is 12.2. The Bertz CT molecular complexity index is 481. The van der Waals surface area contributed by atoms with Gasteiger partial charge >= 0.3 is 0 Å². The molecular weight excluding hydrogens is 286 g/mol. The van der Waals surface area contributed by atoms with Gasteiger partial charge in [-0.05, 0) is 32.2 Å². The number of piperazine rings is 1. The highest BCUT2D eigenvalue weighted by molar-refractivity contribution is 7.91. The third-order valence-corrected chi connectivity index (χ3v) is 7.72. The van der Waals surface area contributed by atoms with Crippen LogP contribution < -0.4 is 5.73 Å². The molecule has 6 heteroatoms. The fourth-order valence-corrected chi connectivity index (χ4v) is 6.68. The van der Waals surface area contributed by atoms with Crippen molar-refractivity contribution in [1.29, 1.82) is 0 Å². The molecule has 0 aromatic heterocycles. The van der Waals surface area contributed by atoms with Crippen LogP contribution in [0.15, 0.2) is 0 Å². The van der Waals surface area contributed by atoms with Gasteiger partial charge in [0.2, 0.25) is 0 Å². The Morgan fingerprint density at radius 3 is 2.67 bits per heavy atom. The fourth-order valence-electron chi connectivity index (χ4n) is 4.92. The van der Waals surface area contributed by atoms with Crippen LogP contribution in [0.2, 0.25) is 0 Å². The van der Waals surface area contributed by atoms with Gasteiger partial charge in [0.25, 0.3) is 0 Å². The minimum absolute atomic E-state index is 0.273. The minimum Gasteiger partial charge on any atom is -0.329 e. The first kappa shape index (κ1) is 15.7. The molecule has 122 valence electrons. The second-order valence-electron chi connectivity index (χ2n) is 7.15. The van der Waals surface area contributed by atoms with Crippen LogP contribution in [-0.4, -0.2) is 74.0 Å². The zero-order valence-corrected chi connectivity index (χ0v) is 13.9. The number of hydrogen-bond donors (Lipinski definition) is 1. The number of hydrogen-bond acceptors (Lipinski definition) is 5. The Hall–Kier alpha value is -0.170. The first-order valence-corrected chi connectivity index (χ1v) is 10.3. The molecule has 5 nitrogen and oxygen atoms in total. The van der Waals surface area contributed by atoms with E-state index >= 15 is 0 Å². The molecule has 1 saturated carbocycles. The third kappa shape index (κ3) is 2.76. The number of rotatable bonds is 3. The molecular formula is C15H29N3O2S. The normalized spacial score (nSPS) is 39.3. The van der Waals surface area contributed by atoms with Gasteiger partial charge in [0.15, 0.2) is 9.84 Å². The molecule has 21 heavy (non-hydrogen) atoms. The topological polar surface area (TPSA) is 66.6 Å². The van der Waals surface area contributed by atoms with Crippen LogP contribution >= 0.6 is 0 Å². The van der Waals surface area contributed by atoms with Gasteiger partial charge in [0.1, 0.15) is 0 Å². The summed E-state index contributed by atoms with van der Waals surface area (Å²) in [5.41, 5.74) is 5.83. The van der Waals surface area contributed by atoms with Gasteiger partial charge in [0, 0.05) is 44.0 Å². The molecule has 3 atom stereocenters. The van der Waals surface area contributed by atoms with Gasteiger partial charge in [-0.3, -0.25) is 9.80 Å². The average Bonchev–Trinajstić information content (AvgIpc) is 2.92. The minimum atomic E-state index is -3.04. The lowest BCUT2D eigenvalue weighted by atomic mass is 9.90. The van der Waals surface area contributed by atoms with Crippen LogP contribution in [0.1, 0.15) is 38.5 Å². The number of nitrogens with zero attached hydrogens (tertiary/aromatic N) is 2. The van der Waals surface area contributed by atoms with Crippen LogP contribution in [0.4, 0.5) is 0 Å². The molecule has 3 fully saturated rings. The maximum Gasteiger partial charge on any atom is 0.152 e. The average molecular weight is 315 g/mol. The largest absolute Gasteiger partial charge is 0.329 e. The van der Waals surface area contributed by atoms with Gasteiger partial charge in [0.05, 0.1) is 5.25 Å². The van der Waals surface area contributed by atoms with Gasteiger partial charge < -0.3 is 5.73 Å². The van der Waals surface area contributed by atoms with E-state index in [1.807, 2.05) is 0 Å². The van der Waals surface area contributed by atoms with E-state index in [0.717, 1.165) is 38.9 Å². The summed E-state index contributed by atoms with van der Waals surface area (Å²) in [6, 6.07) is 0.608. The van der Waals surface area contributed by atoms with Crippen LogP contribution in [0.25, 0.3) is 0 Å². The summed E-state index contributed by atoms with van der Waals surface area (Å²) < 4.78 is 24.5. The van der Waals surface area contributed by atoms with E-state index in [-0.39, 0.29) is 10.8 Å². The molecule has 0 aromatic rings. The Morgan fingerprint density at radius 1 is 1.14 bits per heavy atom. The zero-order chi connectivity index (χ0) is 15.1. The molecule has 0 aromatic carbocycles. The Morgan fingerprint density at radius 2 is 1.95 bits per heavy atom. The van der Waals surface area contributed by atoms with Crippen molar-refractivity contribution in [3.63, 3.8) is 0 Å². The Balaban J connectivity index is 1.82. The molecule has 2 N–H and O–H groups in total. The van der Waals surface area contributed by atoms with Crippen molar-refractivity contribution in [3.8, 4) is 0 Å². The van der Waals surface area contributed by atoms with Crippen LogP contribution in [0.5, 0.6) is 0 Å². The van der Waals surface area contributed by atoms with Crippen molar-refractivity contribution < 1.29 is 8.42 Å². The van der Waals surface area contributed by atoms with Crippen LogP contribution in [-0.2, 0) is 9.84 Å². The molecule has 0 amide bonds. The lowest BCUT2D eigenvalue weighted by Crippen LogP contribution is -2.67. The van der Waals surface area contributed by atoms with Crippen molar-refractivity contribution in [2.24, 2.45) is 5.73 Å². The highest BCUT2D eigenvalue weighted by atomic mass is 32.2. The summed E-state index contributed by atoms with van der Waals surface area (Å²) in [5, 5.41) is -0.273. The van der Waals surface area contributed by atoms with Crippen molar-refractivity contribution in [2.75, 3.05) is 39.0 Å². The summed E-state index contributed by atoms with van der Waals surface area (Å²) in [7, 11) is -3.04. The van der Waals surface area contributed by atoms with Crippen molar-refractivity contribution in [2.45, 2.75) is 55.4 Å². The standard InChI is InChI=1S/C15H29N3O2S/c1-21(19,20)14-6-4-7-15(14,12-16)18-10-9-17-8-3-2-5-13(17)11-18/h13-14H,2-12,16H2,1H3. The van der Waals surface area contributed by atoms with E-state index in [2.05, 4.69) is 9.80 Å². The van der Waals surface area contributed by atoms with E-state index in [0.29, 0.717) is 12.6 Å². The highest BCUT2D eigenvalue weighted by Gasteiger charge is 2.52. The smallest absolute Gasteiger partial charge is 0.152 e. The SMILES string of the molecule is CS(=O)(=O)C1CCCC1(CN)N1CCN2CCCCC2C1. The molecule has 1 aliphatic carbocycles. The summed E-state index contributed by atoms with van der Waals surface area (Å²) >= 11 is 0. The third-order valence-electron chi connectivity index (χ3n) is 6.01. The quantitative estimate of drug-likeness (QED) is 0.819. The van der Waals surface area contributed by atoms with E-state index < -0.39 is 9.84 Å². The monoisotopic (exact) mass is 315 g/mol. The molecule has 2 saturated heterocycles. The van der Waals surface area contributed by atoms with Crippen molar-refractivity contribution in [3.05, 3.63) is 0 Å². The molecule has 3 aliphatic rings. The van der Waals surface area contributed by atoms with Gasteiger partial charge in [-0.15, -0.1) is 0 Å². The number of sulfone groups is 1. The van der Waals surface area contributed by atoms with Crippen molar-refractivity contribution >= 4 is 9.84 Å². The molecule has 2 aliphatic heterocycles. The first-order chi connectivity index (χ1) is 9.97. The fraction of sp³-hybridized carbons (Fsp3) is 1.00. The molecule has 3 rings (SSSR count). The van der Waals surface area contributed by atoms with E-state index in [4.69, 9.17) is 5.73 Å². The van der Waals surface area contributed by atoms with Crippen LogP contribution in [0.3, 0.4) is 0 Å². The second kappa shape index (κ2) is 5.80. The van der Waals surface area contributed by atoms with E-state index in [1.165, 1.54) is 32.1 Å². The first-order valence-electron chi connectivity index (χ1n) is 8.35. The number of fused-ring (bicyclic) bond motifs is 1. The lowest BCUT2D eigenvalue weighted by Gasteiger charge is -2.52.